The van der Waals surface area contributed by atoms with Gasteiger partial charge in [-0.15, -0.1) is 11.8 Å². The van der Waals surface area contributed by atoms with E-state index in [1.54, 1.807) is 6.07 Å². The van der Waals surface area contributed by atoms with Crippen molar-refractivity contribution >= 4 is 29.4 Å². The second-order valence-electron chi connectivity index (χ2n) is 8.90. The minimum absolute atomic E-state index is 0.0252. The zero-order valence-corrected chi connectivity index (χ0v) is 20.4. The van der Waals surface area contributed by atoms with E-state index >= 15 is 0 Å². The van der Waals surface area contributed by atoms with Crippen LogP contribution in [0.4, 0.5) is 5.82 Å². The number of hydrogen-bond acceptors (Lipinski definition) is 6. The molecule has 1 saturated carbocycles. The number of rotatable bonds is 9. The average molecular weight is 483 g/mol. The van der Waals surface area contributed by atoms with Gasteiger partial charge in [-0.25, -0.2) is 4.98 Å². The maximum atomic E-state index is 12.9. The van der Waals surface area contributed by atoms with Crippen LogP contribution in [0, 0.1) is 5.92 Å². The Morgan fingerprint density at radius 1 is 1.03 bits per heavy atom. The summed E-state index contributed by atoms with van der Waals surface area (Å²) in [5, 5.41) is 6.05. The maximum Gasteiger partial charge on any atom is 0.252 e. The first kappa shape index (κ1) is 24.5. The molecule has 2 aliphatic rings. The number of morpholine rings is 1. The van der Waals surface area contributed by atoms with Gasteiger partial charge in [0.25, 0.3) is 5.91 Å². The first-order chi connectivity index (χ1) is 16.7. The van der Waals surface area contributed by atoms with Crippen molar-refractivity contribution in [2.75, 3.05) is 43.5 Å². The number of benzene rings is 1. The molecule has 2 heterocycles. The molecule has 2 N–H and O–H groups in total. The van der Waals surface area contributed by atoms with Crippen LogP contribution in [-0.4, -0.2) is 55.4 Å². The lowest BCUT2D eigenvalue weighted by atomic mass is 9.89. The molecule has 34 heavy (non-hydrogen) atoms. The summed E-state index contributed by atoms with van der Waals surface area (Å²) in [5.74, 6) is 1.73. The van der Waals surface area contributed by atoms with Gasteiger partial charge < -0.3 is 20.3 Å². The van der Waals surface area contributed by atoms with Crippen molar-refractivity contribution < 1.29 is 14.3 Å². The number of nitrogens with zero attached hydrogens (tertiary/aromatic N) is 2. The van der Waals surface area contributed by atoms with E-state index in [0.717, 1.165) is 49.1 Å². The molecule has 0 spiro atoms. The zero-order chi connectivity index (χ0) is 23.6. The van der Waals surface area contributed by atoms with Crippen LogP contribution in [-0.2, 0) is 16.1 Å². The quantitative estimate of drug-likeness (QED) is 0.531. The number of pyridine rings is 1. The van der Waals surface area contributed by atoms with Gasteiger partial charge in [0, 0.05) is 37.3 Å². The third-order valence-corrected chi connectivity index (χ3v) is 7.47. The summed E-state index contributed by atoms with van der Waals surface area (Å²) in [4.78, 5) is 32.8. The van der Waals surface area contributed by atoms with E-state index in [4.69, 9.17) is 4.74 Å². The molecule has 1 aliphatic carbocycles. The molecule has 0 bridgehead atoms. The summed E-state index contributed by atoms with van der Waals surface area (Å²) in [6.45, 7) is 4.29. The van der Waals surface area contributed by atoms with E-state index < -0.39 is 0 Å². The van der Waals surface area contributed by atoms with Gasteiger partial charge in [0.1, 0.15) is 5.82 Å². The average Bonchev–Trinajstić information content (AvgIpc) is 2.91. The van der Waals surface area contributed by atoms with Crippen LogP contribution in [0.1, 0.15) is 48.0 Å². The number of thioether (sulfide) groups is 1. The van der Waals surface area contributed by atoms with E-state index in [2.05, 4.69) is 20.5 Å². The van der Waals surface area contributed by atoms with Gasteiger partial charge in [0.2, 0.25) is 5.91 Å². The van der Waals surface area contributed by atoms with Gasteiger partial charge in [-0.3, -0.25) is 9.59 Å². The highest BCUT2D eigenvalue weighted by Crippen LogP contribution is 2.24. The summed E-state index contributed by atoms with van der Waals surface area (Å²) < 4.78 is 5.39. The topological polar surface area (TPSA) is 83.6 Å². The second-order valence-corrected chi connectivity index (χ2v) is 9.92. The van der Waals surface area contributed by atoms with Crippen LogP contribution >= 0.6 is 11.8 Å². The van der Waals surface area contributed by atoms with Crippen LogP contribution < -0.4 is 15.5 Å². The monoisotopic (exact) mass is 482 g/mol. The van der Waals surface area contributed by atoms with Gasteiger partial charge >= 0.3 is 0 Å². The standard InChI is InChI=1S/C26H34N4O3S/c31-25(28-16-20-6-2-1-3-7-20)19-34-23-9-5-4-8-22(23)26(32)29-18-21-10-11-24(27-17-21)30-12-14-33-15-13-30/h4-5,8-11,17,20H,1-3,6-7,12-16,18-19H2,(H,28,31)(H,29,32). The fourth-order valence-electron chi connectivity index (χ4n) is 4.40. The Bertz CT molecular complexity index is 941. The van der Waals surface area contributed by atoms with Crippen LogP contribution in [0.3, 0.4) is 0 Å². The van der Waals surface area contributed by atoms with Crippen molar-refractivity contribution in [1.29, 1.82) is 0 Å². The van der Waals surface area contributed by atoms with Gasteiger partial charge in [-0.05, 0) is 42.5 Å². The second kappa shape index (κ2) is 12.8. The van der Waals surface area contributed by atoms with Crippen molar-refractivity contribution in [3.63, 3.8) is 0 Å². The van der Waals surface area contributed by atoms with Crippen LogP contribution in [0.2, 0.25) is 0 Å². The molecule has 4 rings (SSSR count). The van der Waals surface area contributed by atoms with Gasteiger partial charge in [0.05, 0.1) is 24.5 Å². The molecule has 1 aromatic heterocycles. The largest absolute Gasteiger partial charge is 0.378 e. The first-order valence-electron chi connectivity index (χ1n) is 12.2. The zero-order valence-electron chi connectivity index (χ0n) is 19.6. The fraction of sp³-hybridized carbons (Fsp3) is 0.500. The molecular formula is C26H34N4O3S. The highest BCUT2D eigenvalue weighted by Gasteiger charge is 2.16. The lowest BCUT2D eigenvalue weighted by Gasteiger charge is -2.27. The summed E-state index contributed by atoms with van der Waals surface area (Å²) in [7, 11) is 0. The lowest BCUT2D eigenvalue weighted by molar-refractivity contribution is -0.118. The van der Waals surface area contributed by atoms with E-state index in [1.807, 2.05) is 36.5 Å². The molecule has 2 amide bonds. The summed E-state index contributed by atoms with van der Waals surface area (Å²) in [6, 6.07) is 11.4. The van der Waals surface area contributed by atoms with Crippen LogP contribution in [0.5, 0.6) is 0 Å². The summed E-state index contributed by atoms with van der Waals surface area (Å²) in [6.07, 6.45) is 8.08. The number of carbonyl (C=O) groups is 2. The molecule has 182 valence electrons. The predicted octanol–water partition coefficient (Wildman–Crippen LogP) is 3.64. The maximum absolute atomic E-state index is 12.9. The predicted molar refractivity (Wildman–Crippen MR) is 135 cm³/mol. The Morgan fingerprint density at radius 3 is 2.59 bits per heavy atom. The number of carbonyl (C=O) groups excluding carboxylic acids is 2. The number of nitrogens with one attached hydrogen (secondary N) is 2. The third-order valence-electron chi connectivity index (χ3n) is 6.40. The Kier molecular flexibility index (Phi) is 9.21. The number of aromatic nitrogens is 1. The molecule has 1 aromatic carbocycles. The fourth-order valence-corrected chi connectivity index (χ4v) is 5.28. The van der Waals surface area contributed by atoms with Crippen molar-refractivity contribution in [3.8, 4) is 0 Å². The molecule has 1 aliphatic heterocycles. The smallest absolute Gasteiger partial charge is 0.252 e. The van der Waals surface area contributed by atoms with Crippen molar-refractivity contribution in [3.05, 3.63) is 53.7 Å². The normalized spacial score (nSPS) is 16.8. The van der Waals surface area contributed by atoms with Crippen molar-refractivity contribution in [2.45, 2.75) is 43.5 Å². The SMILES string of the molecule is O=C(CSc1ccccc1C(=O)NCc1ccc(N2CCOCC2)nc1)NCC1CCCCC1. The lowest BCUT2D eigenvalue weighted by Crippen LogP contribution is -2.36. The van der Waals surface area contributed by atoms with Crippen LogP contribution in [0.15, 0.2) is 47.5 Å². The minimum atomic E-state index is -0.150. The Labute approximate surface area is 206 Å². The third kappa shape index (κ3) is 7.21. The highest BCUT2D eigenvalue weighted by molar-refractivity contribution is 8.00. The summed E-state index contributed by atoms with van der Waals surface area (Å²) in [5.41, 5.74) is 1.53. The van der Waals surface area contributed by atoms with Gasteiger partial charge in [-0.2, -0.15) is 0 Å². The Morgan fingerprint density at radius 2 is 1.82 bits per heavy atom. The number of ether oxygens (including phenoxy) is 1. The van der Waals surface area contributed by atoms with E-state index in [1.165, 1.54) is 43.9 Å². The van der Waals surface area contributed by atoms with Gasteiger partial charge in [0.15, 0.2) is 0 Å². The molecule has 7 nitrogen and oxygen atoms in total. The van der Waals surface area contributed by atoms with Crippen molar-refractivity contribution in [2.24, 2.45) is 5.92 Å². The molecule has 0 radical (unpaired) electrons. The molecule has 2 fully saturated rings. The van der Waals surface area contributed by atoms with Crippen molar-refractivity contribution in [1.82, 2.24) is 15.6 Å². The van der Waals surface area contributed by atoms with E-state index in [0.29, 0.717) is 23.8 Å². The van der Waals surface area contributed by atoms with Gasteiger partial charge in [-0.1, -0.05) is 37.5 Å². The number of anilines is 1. The molecule has 0 unspecified atom stereocenters. The highest BCUT2D eigenvalue weighted by atomic mass is 32.2. The number of amides is 2. The molecule has 0 atom stereocenters. The van der Waals surface area contributed by atoms with E-state index in [9.17, 15) is 9.59 Å². The Balaban J connectivity index is 1.25. The molecule has 2 aromatic rings. The minimum Gasteiger partial charge on any atom is -0.378 e. The summed E-state index contributed by atoms with van der Waals surface area (Å²) >= 11 is 1.41. The first-order valence-corrected chi connectivity index (χ1v) is 13.2. The van der Waals surface area contributed by atoms with E-state index in [-0.39, 0.29) is 11.8 Å². The molecule has 1 saturated heterocycles. The van der Waals surface area contributed by atoms with Crippen LogP contribution in [0.25, 0.3) is 0 Å². The Hall–Kier alpha value is -2.58. The molecular weight excluding hydrogens is 448 g/mol. The number of hydrogen-bond donors (Lipinski definition) is 2. The molecule has 8 heteroatoms.